The summed E-state index contributed by atoms with van der Waals surface area (Å²) < 4.78 is 6.22. The molecule has 2 nitrogen and oxygen atoms in total. The van der Waals surface area contributed by atoms with Gasteiger partial charge < -0.3 is 9.53 Å². The number of hydrogen-bond donors (Lipinski definition) is 1. The van der Waals surface area contributed by atoms with Crippen LogP contribution >= 0.6 is 0 Å². The molecule has 0 aromatic carbocycles. The summed E-state index contributed by atoms with van der Waals surface area (Å²) in [6.45, 7) is 10.3. The molecule has 0 amide bonds. The van der Waals surface area contributed by atoms with Gasteiger partial charge in [-0.05, 0) is 37.3 Å². The molecule has 0 aromatic rings. The van der Waals surface area contributed by atoms with Gasteiger partial charge in [-0.25, -0.2) is 0 Å². The van der Waals surface area contributed by atoms with Crippen molar-refractivity contribution in [2.45, 2.75) is 96.6 Å². The Kier molecular flexibility index (Phi) is 12.9. The predicted molar refractivity (Wildman–Crippen MR) is 91.9 cm³/mol. The van der Waals surface area contributed by atoms with Gasteiger partial charge >= 0.3 is 0 Å². The quantitative estimate of drug-likeness (QED) is 0.359. The summed E-state index contributed by atoms with van der Waals surface area (Å²) in [5, 5.41) is 9.44. The van der Waals surface area contributed by atoms with Gasteiger partial charge in [0.1, 0.15) is 0 Å². The third-order valence-corrected chi connectivity index (χ3v) is 7.94. The van der Waals surface area contributed by atoms with Crippen molar-refractivity contribution >= 4 is 9.04 Å². The fourth-order valence-corrected chi connectivity index (χ4v) is 5.78. The Bertz CT molecular complexity index is 187. The lowest BCUT2D eigenvalue weighted by Gasteiger charge is -2.39. The first-order valence-electron chi connectivity index (χ1n) is 8.89. The molecule has 122 valence electrons. The van der Waals surface area contributed by atoms with Crippen molar-refractivity contribution in [3.8, 4) is 0 Å². The molecular formula is C17H38O2Si. The van der Waals surface area contributed by atoms with Gasteiger partial charge in [0, 0.05) is 13.2 Å². The number of unbranched alkanes of at least 4 members (excludes halogenated alkanes) is 3. The number of aliphatic hydroxyl groups is 1. The summed E-state index contributed by atoms with van der Waals surface area (Å²) in [6.07, 6.45) is 12.8. The van der Waals surface area contributed by atoms with Gasteiger partial charge in [-0.2, -0.15) is 0 Å². The molecule has 0 aromatic heterocycles. The van der Waals surface area contributed by atoms with Gasteiger partial charge in [-0.3, -0.25) is 0 Å². The summed E-state index contributed by atoms with van der Waals surface area (Å²) in [4.78, 5) is 0. The fraction of sp³-hybridized carbons (Fsp3) is 1.00. The number of aliphatic hydroxyl groups excluding tert-OH is 1. The number of rotatable bonds is 14. The Morgan fingerprint density at radius 1 is 0.850 bits per heavy atom. The predicted octanol–water partition coefficient (Wildman–Crippen LogP) is 5.05. The molecule has 1 unspecified atom stereocenters. The van der Waals surface area contributed by atoms with Crippen LogP contribution in [-0.2, 0) is 4.43 Å². The van der Waals surface area contributed by atoms with Crippen LogP contribution in [0.2, 0.25) is 11.6 Å². The van der Waals surface area contributed by atoms with Gasteiger partial charge in [0.15, 0.2) is 9.04 Å². The highest BCUT2D eigenvalue weighted by atomic mass is 28.3. The lowest BCUT2D eigenvalue weighted by molar-refractivity contribution is 0.219. The van der Waals surface area contributed by atoms with Gasteiger partial charge in [-0.15, -0.1) is 0 Å². The highest BCUT2D eigenvalue weighted by molar-refractivity contribution is 6.54. The molecule has 1 atom stereocenters. The first kappa shape index (κ1) is 20.1. The van der Waals surface area contributed by atoms with E-state index in [1.54, 1.807) is 0 Å². The van der Waals surface area contributed by atoms with Crippen molar-refractivity contribution < 1.29 is 9.53 Å². The van der Waals surface area contributed by atoms with Gasteiger partial charge in [0.25, 0.3) is 0 Å². The largest absolute Gasteiger partial charge is 0.420 e. The molecule has 0 saturated carbocycles. The van der Waals surface area contributed by atoms with Crippen LogP contribution in [0.3, 0.4) is 0 Å². The minimum atomic E-state index is -1.19. The van der Waals surface area contributed by atoms with Crippen molar-refractivity contribution in [3.05, 3.63) is 0 Å². The van der Waals surface area contributed by atoms with E-state index < -0.39 is 9.04 Å². The third-order valence-electron chi connectivity index (χ3n) is 4.62. The lowest BCUT2D eigenvalue weighted by atomic mass is 9.89. The van der Waals surface area contributed by atoms with Gasteiger partial charge in [-0.1, -0.05) is 59.3 Å². The van der Waals surface area contributed by atoms with Crippen LogP contribution in [0, 0.1) is 0 Å². The molecule has 1 N–H and O–H groups in total. The smallest absolute Gasteiger partial charge is 0.179 e. The molecule has 0 aliphatic carbocycles. The van der Waals surface area contributed by atoms with Crippen LogP contribution in [-0.4, -0.2) is 27.4 Å². The van der Waals surface area contributed by atoms with Crippen LogP contribution in [0.4, 0.5) is 0 Å². The Hall–Kier alpha value is 0.137. The summed E-state index contributed by atoms with van der Waals surface area (Å²) in [7, 11) is -1.19. The second kappa shape index (κ2) is 12.8. The van der Waals surface area contributed by atoms with E-state index in [2.05, 4.69) is 27.3 Å². The topological polar surface area (TPSA) is 29.5 Å². The SMILES string of the molecule is CCCCC(CCCC)(CCCC)[SiH](C)OCCCO. The van der Waals surface area contributed by atoms with E-state index in [1.807, 2.05) is 0 Å². The molecule has 0 radical (unpaired) electrons. The second-order valence-corrected chi connectivity index (χ2v) is 9.11. The Morgan fingerprint density at radius 3 is 1.65 bits per heavy atom. The Morgan fingerprint density at radius 2 is 1.30 bits per heavy atom. The van der Waals surface area contributed by atoms with Gasteiger partial charge in [0.2, 0.25) is 0 Å². The fourth-order valence-electron chi connectivity index (χ4n) is 3.07. The lowest BCUT2D eigenvalue weighted by Crippen LogP contribution is -2.34. The standard InChI is InChI=1S/C17H38O2Si/c1-5-8-12-17(13-9-6-2,14-10-7-3)20(4)19-16-11-15-18/h18,20H,5-16H2,1-4H3. The van der Waals surface area contributed by atoms with Crippen molar-refractivity contribution in [1.29, 1.82) is 0 Å². The summed E-state index contributed by atoms with van der Waals surface area (Å²) in [6, 6.07) is 0. The Labute approximate surface area is 129 Å². The van der Waals surface area contributed by atoms with E-state index in [0.717, 1.165) is 13.0 Å². The van der Waals surface area contributed by atoms with Crippen LogP contribution in [0.15, 0.2) is 0 Å². The van der Waals surface area contributed by atoms with E-state index in [-0.39, 0.29) is 6.61 Å². The molecule has 0 fully saturated rings. The van der Waals surface area contributed by atoms with E-state index in [9.17, 15) is 0 Å². The van der Waals surface area contributed by atoms with E-state index in [1.165, 1.54) is 57.8 Å². The average molecular weight is 303 g/mol. The molecule has 0 bridgehead atoms. The molecule has 3 heteroatoms. The first-order valence-corrected chi connectivity index (χ1v) is 11.1. The first-order chi connectivity index (χ1) is 9.66. The van der Waals surface area contributed by atoms with E-state index in [0.29, 0.717) is 5.04 Å². The highest BCUT2D eigenvalue weighted by Crippen LogP contribution is 2.46. The van der Waals surface area contributed by atoms with E-state index >= 15 is 0 Å². The third kappa shape index (κ3) is 7.80. The minimum absolute atomic E-state index is 0.257. The molecule has 0 aliphatic rings. The van der Waals surface area contributed by atoms with Crippen molar-refractivity contribution in [1.82, 2.24) is 0 Å². The van der Waals surface area contributed by atoms with Crippen LogP contribution in [0.5, 0.6) is 0 Å². The molecular weight excluding hydrogens is 264 g/mol. The zero-order chi connectivity index (χ0) is 15.3. The summed E-state index contributed by atoms with van der Waals surface area (Å²) in [5.74, 6) is 0. The summed E-state index contributed by atoms with van der Waals surface area (Å²) >= 11 is 0. The zero-order valence-electron chi connectivity index (χ0n) is 14.4. The second-order valence-electron chi connectivity index (χ2n) is 6.26. The molecule has 0 rings (SSSR count). The molecule has 0 saturated heterocycles. The maximum Gasteiger partial charge on any atom is 0.179 e. The molecule has 0 spiro atoms. The van der Waals surface area contributed by atoms with Crippen LogP contribution in [0.1, 0.15) is 85.0 Å². The van der Waals surface area contributed by atoms with Crippen LogP contribution < -0.4 is 0 Å². The van der Waals surface area contributed by atoms with Crippen LogP contribution in [0.25, 0.3) is 0 Å². The van der Waals surface area contributed by atoms with Crippen molar-refractivity contribution in [2.24, 2.45) is 0 Å². The van der Waals surface area contributed by atoms with E-state index in [4.69, 9.17) is 9.53 Å². The maximum absolute atomic E-state index is 8.94. The molecule has 0 heterocycles. The Balaban J connectivity index is 4.71. The van der Waals surface area contributed by atoms with Crippen molar-refractivity contribution in [2.75, 3.05) is 13.2 Å². The average Bonchev–Trinajstić information content (AvgIpc) is 2.47. The normalized spacial score (nSPS) is 13.7. The minimum Gasteiger partial charge on any atom is -0.420 e. The van der Waals surface area contributed by atoms with Gasteiger partial charge in [0.05, 0.1) is 0 Å². The molecule has 20 heavy (non-hydrogen) atoms. The van der Waals surface area contributed by atoms with Crippen molar-refractivity contribution in [3.63, 3.8) is 0 Å². The molecule has 0 aliphatic heterocycles. The monoisotopic (exact) mass is 302 g/mol. The highest BCUT2D eigenvalue weighted by Gasteiger charge is 2.36. The zero-order valence-corrected chi connectivity index (χ0v) is 15.6. The number of hydrogen-bond acceptors (Lipinski definition) is 2. The summed E-state index contributed by atoms with van der Waals surface area (Å²) in [5.41, 5.74) is 0. The maximum atomic E-state index is 8.94.